The molecule has 33 heavy (non-hydrogen) atoms. The minimum Gasteiger partial charge on any atom is -0.495 e. The normalized spacial score (nSPS) is 10.9. The van der Waals surface area contributed by atoms with E-state index in [2.05, 4.69) is 29.4 Å². The van der Waals surface area contributed by atoms with Crippen molar-refractivity contribution in [3.63, 3.8) is 0 Å². The quantitative estimate of drug-likeness (QED) is 0.338. The number of amides is 1. The van der Waals surface area contributed by atoms with E-state index in [0.29, 0.717) is 41.2 Å². The fourth-order valence-electron chi connectivity index (χ4n) is 3.47. The zero-order chi connectivity index (χ0) is 23.8. The Morgan fingerprint density at radius 2 is 1.82 bits per heavy atom. The summed E-state index contributed by atoms with van der Waals surface area (Å²) in [5, 5.41) is 12.0. The molecule has 1 amide bonds. The van der Waals surface area contributed by atoms with Crippen molar-refractivity contribution in [3.8, 4) is 11.4 Å². The number of hydrogen-bond acceptors (Lipinski definition) is 6. The monoisotopic (exact) mass is 466 g/mol. The van der Waals surface area contributed by atoms with E-state index < -0.39 is 0 Å². The lowest BCUT2D eigenvalue weighted by Crippen LogP contribution is -2.23. The second-order valence-electron chi connectivity index (χ2n) is 8.15. The standard InChI is InChI=1S/C25H30N4O3S/c1-17(2)15-19-9-11-20(12-10-19)22(31)16-33-25-28-27-24(13-14-26-18(3)30)29(25)21-7-5-6-8-23(21)32-4/h5-12,17H,13-16H2,1-4H3,(H,26,30). The van der Waals surface area contributed by atoms with Crippen molar-refractivity contribution < 1.29 is 14.3 Å². The van der Waals surface area contributed by atoms with E-state index in [-0.39, 0.29) is 17.4 Å². The molecule has 0 aliphatic heterocycles. The molecule has 174 valence electrons. The number of rotatable bonds is 11. The van der Waals surface area contributed by atoms with Gasteiger partial charge in [-0.3, -0.25) is 14.2 Å². The number of nitrogens with zero attached hydrogens (tertiary/aromatic N) is 3. The van der Waals surface area contributed by atoms with Crippen molar-refractivity contribution in [2.75, 3.05) is 19.4 Å². The minimum atomic E-state index is -0.0991. The molecule has 0 atom stereocenters. The van der Waals surface area contributed by atoms with Crippen LogP contribution in [0.4, 0.5) is 0 Å². The summed E-state index contributed by atoms with van der Waals surface area (Å²) in [6.07, 6.45) is 1.49. The summed E-state index contributed by atoms with van der Waals surface area (Å²) in [4.78, 5) is 24.1. The molecule has 1 aromatic heterocycles. The van der Waals surface area contributed by atoms with Gasteiger partial charge in [-0.25, -0.2) is 0 Å². The van der Waals surface area contributed by atoms with Crippen molar-refractivity contribution >= 4 is 23.5 Å². The lowest BCUT2D eigenvalue weighted by atomic mass is 10.0. The zero-order valence-corrected chi connectivity index (χ0v) is 20.3. The van der Waals surface area contributed by atoms with Crippen LogP contribution in [0.25, 0.3) is 5.69 Å². The van der Waals surface area contributed by atoms with Crippen LogP contribution in [0.3, 0.4) is 0 Å². The van der Waals surface area contributed by atoms with E-state index in [1.807, 2.05) is 53.1 Å². The Bertz CT molecular complexity index is 1090. The average Bonchev–Trinajstić information content (AvgIpc) is 3.19. The number of ether oxygens (including phenoxy) is 1. The molecule has 0 aliphatic rings. The third-order valence-electron chi connectivity index (χ3n) is 5.00. The van der Waals surface area contributed by atoms with Gasteiger partial charge in [0.15, 0.2) is 10.9 Å². The van der Waals surface area contributed by atoms with Crippen LogP contribution in [0.1, 0.15) is 42.5 Å². The number of methoxy groups -OCH3 is 1. The molecule has 0 unspecified atom stereocenters. The highest BCUT2D eigenvalue weighted by atomic mass is 32.2. The summed E-state index contributed by atoms with van der Waals surface area (Å²) in [5.41, 5.74) is 2.70. The molecular weight excluding hydrogens is 436 g/mol. The maximum atomic E-state index is 12.8. The Morgan fingerprint density at radius 1 is 1.09 bits per heavy atom. The molecule has 0 spiro atoms. The highest BCUT2D eigenvalue weighted by Crippen LogP contribution is 2.29. The first-order valence-corrected chi connectivity index (χ1v) is 11.9. The molecule has 0 saturated heterocycles. The predicted octanol–water partition coefficient (Wildman–Crippen LogP) is 4.13. The molecule has 3 rings (SSSR count). The molecule has 8 heteroatoms. The number of carbonyl (C=O) groups excluding carboxylic acids is 2. The number of ketones is 1. The van der Waals surface area contributed by atoms with E-state index in [4.69, 9.17) is 4.74 Å². The number of thioether (sulfide) groups is 1. The SMILES string of the molecule is COc1ccccc1-n1c(CCNC(C)=O)nnc1SCC(=O)c1ccc(CC(C)C)cc1. The number of Topliss-reactive ketones (excluding diaryl/α,β-unsaturated/α-hetero) is 1. The molecule has 0 fully saturated rings. The van der Waals surface area contributed by atoms with Gasteiger partial charge in [0.25, 0.3) is 0 Å². The first kappa shape index (κ1) is 24.5. The van der Waals surface area contributed by atoms with Gasteiger partial charge >= 0.3 is 0 Å². The first-order valence-electron chi connectivity index (χ1n) is 11.0. The van der Waals surface area contributed by atoms with Crippen LogP contribution < -0.4 is 10.1 Å². The van der Waals surface area contributed by atoms with Crippen molar-refractivity contribution in [1.82, 2.24) is 20.1 Å². The summed E-state index contributed by atoms with van der Waals surface area (Å²) in [6.45, 7) is 6.28. The minimum absolute atomic E-state index is 0.0328. The van der Waals surface area contributed by atoms with Crippen molar-refractivity contribution in [2.24, 2.45) is 5.92 Å². The predicted molar refractivity (Wildman–Crippen MR) is 130 cm³/mol. The molecule has 7 nitrogen and oxygen atoms in total. The van der Waals surface area contributed by atoms with Gasteiger partial charge in [0, 0.05) is 25.5 Å². The van der Waals surface area contributed by atoms with Gasteiger partial charge in [0.05, 0.1) is 18.6 Å². The number of nitrogens with one attached hydrogen (secondary N) is 1. The smallest absolute Gasteiger partial charge is 0.216 e. The highest BCUT2D eigenvalue weighted by Gasteiger charge is 2.19. The van der Waals surface area contributed by atoms with Crippen LogP contribution in [-0.4, -0.2) is 45.9 Å². The van der Waals surface area contributed by atoms with Crippen LogP contribution in [0, 0.1) is 5.92 Å². The number of carbonyl (C=O) groups is 2. The molecular formula is C25H30N4O3S. The second-order valence-corrected chi connectivity index (χ2v) is 9.09. The van der Waals surface area contributed by atoms with Crippen LogP contribution in [0.2, 0.25) is 0 Å². The fraction of sp³-hybridized carbons (Fsp3) is 0.360. The van der Waals surface area contributed by atoms with E-state index in [0.717, 1.165) is 12.1 Å². The van der Waals surface area contributed by atoms with Gasteiger partial charge in [-0.1, -0.05) is 62.0 Å². The Morgan fingerprint density at radius 3 is 2.48 bits per heavy atom. The van der Waals surface area contributed by atoms with E-state index >= 15 is 0 Å². The van der Waals surface area contributed by atoms with Crippen molar-refractivity contribution in [3.05, 3.63) is 65.5 Å². The summed E-state index contributed by atoms with van der Waals surface area (Å²) in [7, 11) is 1.61. The molecule has 2 aromatic carbocycles. The maximum Gasteiger partial charge on any atom is 0.216 e. The van der Waals surface area contributed by atoms with Crippen LogP contribution in [0.15, 0.2) is 53.7 Å². The van der Waals surface area contributed by atoms with E-state index in [9.17, 15) is 9.59 Å². The first-order chi connectivity index (χ1) is 15.9. The largest absolute Gasteiger partial charge is 0.495 e. The topological polar surface area (TPSA) is 86.1 Å². The summed E-state index contributed by atoms with van der Waals surface area (Å²) >= 11 is 1.34. The third kappa shape index (κ3) is 6.68. The summed E-state index contributed by atoms with van der Waals surface area (Å²) in [5.74, 6) is 2.10. The summed E-state index contributed by atoms with van der Waals surface area (Å²) in [6, 6.07) is 15.4. The van der Waals surface area contributed by atoms with Gasteiger partial charge in [0.2, 0.25) is 5.91 Å². The molecule has 1 N–H and O–H groups in total. The van der Waals surface area contributed by atoms with Crippen LogP contribution in [-0.2, 0) is 17.6 Å². The number of benzene rings is 2. The lowest BCUT2D eigenvalue weighted by Gasteiger charge is -2.14. The molecule has 3 aromatic rings. The Labute approximate surface area is 198 Å². The fourth-order valence-corrected chi connectivity index (χ4v) is 4.33. The molecule has 0 bridgehead atoms. The zero-order valence-electron chi connectivity index (χ0n) is 19.5. The molecule has 0 saturated carbocycles. The lowest BCUT2D eigenvalue weighted by molar-refractivity contribution is -0.118. The van der Waals surface area contributed by atoms with Gasteiger partial charge in [-0.2, -0.15) is 0 Å². The van der Waals surface area contributed by atoms with Crippen LogP contribution >= 0.6 is 11.8 Å². The third-order valence-corrected chi connectivity index (χ3v) is 5.93. The second kappa shape index (κ2) is 11.7. The van der Waals surface area contributed by atoms with Crippen molar-refractivity contribution in [1.29, 1.82) is 0 Å². The highest BCUT2D eigenvalue weighted by molar-refractivity contribution is 7.99. The Hall–Kier alpha value is -3.13. The number of aromatic nitrogens is 3. The number of hydrogen-bond donors (Lipinski definition) is 1. The van der Waals surface area contributed by atoms with E-state index in [1.54, 1.807) is 7.11 Å². The van der Waals surface area contributed by atoms with E-state index in [1.165, 1.54) is 24.2 Å². The van der Waals surface area contributed by atoms with Gasteiger partial charge in [0.1, 0.15) is 11.6 Å². The van der Waals surface area contributed by atoms with Gasteiger partial charge in [-0.05, 0) is 30.0 Å². The number of para-hydroxylation sites is 2. The van der Waals surface area contributed by atoms with Gasteiger partial charge < -0.3 is 10.1 Å². The molecule has 0 aliphatic carbocycles. The van der Waals surface area contributed by atoms with Gasteiger partial charge in [-0.15, -0.1) is 10.2 Å². The Balaban J connectivity index is 1.80. The average molecular weight is 467 g/mol. The molecule has 0 radical (unpaired) electrons. The van der Waals surface area contributed by atoms with Crippen molar-refractivity contribution in [2.45, 2.75) is 38.8 Å². The summed E-state index contributed by atoms with van der Waals surface area (Å²) < 4.78 is 7.43. The maximum absolute atomic E-state index is 12.8. The van der Waals surface area contributed by atoms with Crippen LogP contribution in [0.5, 0.6) is 5.75 Å². The Kier molecular flexibility index (Phi) is 8.65. The molecule has 1 heterocycles.